The number of nitrogens with one attached hydrogen (secondary N) is 1. The zero-order valence-electron chi connectivity index (χ0n) is 24.3. The molecule has 1 saturated heterocycles. The minimum Gasteiger partial charge on any atom is -0.392 e. The second kappa shape index (κ2) is 14.9. The second-order valence-corrected chi connectivity index (χ2v) is 13.3. The number of amides is 1. The number of hydrogen-bond donors (Lipinski definition) is 2. The van der Waals surface area contributed by atoms with Crippen molar-refractivity contribution in [2.45, 2.75) is 48.4 Å². The Morgan fingerprint density at radius 2 is 1.52 bits per heavy atom. The molecule has 0 aromatic heterocycles. The molecule has 6 nitrogen and oxygen atoms in total. The van der Waals surface area contributed by atoms with E-state index in [0.29, 0.717) is 6.42 Å². The van der Waals surface area contributed by atoms with Gasteiger partial charge in [-0.25, -0.2) is 0 Å². The molecule has 1 aliphatic rings. The van der Waals surface area contributed by atoms with Crippen LogP contribution in [0.2, 0.25) is 0 Å². The molecule has 44 heavy (non-hydrogen) atoms. The zero-order valence-corrected chi connectivity index (χ0v) is 26.6. The summed E-state index contributed by atoms with van der Waals surface area (Å²) in [6.45, 7) is 1.78. The average Bonchev–Trinajstić information content (AvgIpc) is 3.03. The van der Waals surface area contributed by atoms with Crippen molar-refractivity contribution in [3.8, 4) is 11.1 Å². The van der Waals surface area contributed by atoms with Gasteiger partial charge in [0.1, 0.15) is 0 Å². The number of hydrogen-bond acceptors (Lipinski definition) is 5. The van der Waals surface area contributed by atoms with E-state index < -0.39 is 16.0 Å². The minimum atomic E-state index is -2.01. The van der Waals surface area contributed by atoms with Crippen molar-refractivity contribution >= 4 is 40.7 Å². The first-order valence-corrected chi connectivity index (χ1v) is 15.6. The summed E-state index contributed by atoms with van der Waals surface area (Å²) in [6, 6.07) is 34.2. The molecule has 0 spiro atoms. The molecule has 9 heteroatoms. The molecule has 1 fully saturated rings. The Morgan fingerprint density at radius 3 is 2.23 bits per heavy atom. The van der Waals surface area contributed by atoms with Gasteiger partial charge in [-0.3, -0.25) is 9.69 Å². The van der Waals surface area contributed by atoms with Gasteiger partial charge in [0.2, 0.25) is 0 Å². The maximum atomic E-state index is 12.0. The van der Waals surface area contributed by atoms with E-state index in [2.05, 4.69) is 47.6 Å². The summed E-state index contributed by atoms with van der Waals surface area (Å²) in [5.41, 5.74) is 6.88. The molecular formula is C35H35Cl3N2O4. The van der Waals surface area contributed by atoms with Crippen molar-refractivity contribution in [3.63, 3.8) is 0 Å². The summed E-state index contributed by atoms with van der Waals surface area (Å²) in [5, 5.41) is 12.2. The van der Waals surface area contributed by atoms with Gasteiger partial charge in [-0.15, -0.1) is 0 Å². The number of likely N-dealkylation sites (N-methyl/N-ethyl adjacent to an activating group) is 1. The lowest BCUT2D eigenvalue weighted by molar-refractivity contribution is -0.252. The molecule has 5 rings (SSSR count). The number of aliphatic hydroxyl groups is 1. The monoisotopic (exact) mass is 652 g/mol. The molecule has 0 radical (unpaired) electrons. The number of benzene rings is 4. The third-order valence-electron chi connectivity index (χ3n) is 7.56. The molecule has 0 aliphatic carbocycles. The summed E-state index contributed by atoms with van der Waals surface area (Å²) >= 11 is 17.1. The van der Waals surface area contributed by atoms with E-state index in [1.807, 2.05) is 72.8 Å². The highest BCUT2D eigenvalue weighted by Gasteiger charge is 2.33. The van der Waals surface area contributed by atoms with Gasteiger partial charge >= 0.3 is 0 Å². The molecule has 4 aromatic carbocycles. The first kappa shape index (κ1) is 32.5. The van der Waals surface area contributed by atoms with Crippen molar-refractivity contribution in [2.24, 2.45) is 0 Å². The maximum Gasteiger partial charge on any atom is 0.272 e. The first-order chi connectivity index (χ1) is 21.2. The van der Waals surface area contributed by atoms with Crippen LogP contribution in [0.1, 0.15) is 46.6 Å². The molecule has 2 N–H and O–H groups in total. The molecule has 1 aliphatic heterocycles. The topological polar surface area (TPSA) is 71.0 Å². The van der Waals surface area contributed by atoms with E-state index in [-0.39, 0.29) is 25.4 Å². The average molecular weight is 654 g/mol. The molecule has 4 aromatic rings. The molecule has 1 amide bonds. The fourth-order valence-corrected chi connectivity index (χ4v) is 5.55. The van der Waals surface area contributed by atoms with Gasteiger partial charge < -0.3 is 19.9 Å². The number of carbonyl (C=O) groups is 1. The Hall–Kier alpha value is -2.94. The first-order valence-electron chi connectivity index (χ1n) is 14.5. The van der Waals surface area contributed by atoms with E-state index in [1.165, 1.54) is 5.56 Å². The highest BCUT2D eigenvalue weighted by Crippen LogP contribution is 2.39. The maximum absolute atomic E-state index is 12.0. The van der Waals surface area contributed by atoms with Crippen LogP contribution in [-0.4, -0.2) is 39.4 Å². The molecule has 1 heterocycles. The summed E-state index contributed by atoms with van der Waals surface area (Å²) in [5.74, 6) is -0.675. The highest BCUT2D eigenvalue weighted by atomic mass is 35.6. The van der Waals surface area contributed by atoms with Crippen LogP contribution in [0.5, 0.6) is 0 Å². The summed E-state index contributed by atoms with van der Waals surface area (Å²) < 4.78 is 11.2. The van der Waals surface area contributed by atoms with E-state index in [0.717, 1.165) is 46.5 Å². The predicted octanol–water partition coefficient (Wildman–Crippen LogP) is 7.51. The van der Waals surface area contributed by atoms with Crippen molar-refractivity contribution in [2.75, 3.05) is 13.6 Å². The lowest BCUT2D eigenvalue weighted by Gasteiger charge is -2.38. The van der Waals surface area contributed by atoms with Crippen LogP contribution in [0, 0.1) is 0 Å². The molecule has 0 saturated carbocycles. The second-order valence-electron chi connectivity index (χ2n) is 11.0. The number of alkyl halides is 3. The van der Waals surface area contributed by atoms with Gasteiger partial charge in [0.25, 0.3) is 9.70 Å². The normalized spacial score (nSPS) is 18.7. The number of rotatable bonds is 10. The molecule has 0 bridgehead atoms. The predicted molar refractivity (Wildman–Crippen MR) is 175 cm³/mol. The molecule has 0 unspecified atom stereocenters. The fraction of sp³-hybridized carbons (Fsp3) is 0.286. The number of nitrogens with zero attached hydrogens (tertiary/aromatic N) is 1. The van der Waals surface area contributed by atoms with Crippen LogP contribution in [0.25, 0.3) is 11.1 Å². The standard InChI is InChI=1S/C35H35Cl3N2O4/c1-40(21-24-7-3-2-4-8-24)22-31-19-32(27-15-13-25(23-41)14-16-27)44-33(43-31)30-12-6-11-29(18-30)28-10-5-9-26(17-28)20-39-34(42)35(36,37)38/h2-18,31-33,41H,19-23H2,1H3,(H,39,42)/t31-,32+,33+/m0/s1. The Labute approximate surface area is 273 Å². The van der Waals surface area contributed by atoms with Gasteiger partial charge in [0.05, 0.1) is 18.8 Å². The van der Waals surface area contributed by atoms with Gasteiger partial charge in [-0.05, 0) is 52.6 Å². The quantitative estimate of drug-likeness (QED) is 0.173. The van der Waals surface area contributed by atoms with Crippen molar-refractivity contribution in [1.82, 2.24) is 10.2 Å². The Bertz CT molecular complexity index is 1530. The van der Waals surface area contributed by atoms with Crippen LogP contribution < -0.4 is 5.32 Å². The number of halogens is 3. The van der Waals surface area contributed by atoms with Crippen LogP contribution in [0.15, 0.2) is 103 Å². The van der Waals surface area contributed by atoms with Crippen LogP contribution in [0.4, 0.5) is 0 Å². The van der Waals surface area contributed by atoms with Crippen LogP contribution >= 0.6 is 34.8 Å². The van der Waals surface area contributed by atoms with E-state index in [9.17, 15) is 9.90 Å². The Balaban J connectivity index is 1.35. The van der Waals surface area contributed by atoms with Gasteiger partial charge in [0, 0.05) is 31.6 Å². The Morgan fingerprint density at radius 1 is 0.841 bits per heavy atom. The third kappa shape index (κ3) is 8.83. The SMILES string of the molecule is CN(Cc1ccccc1)C[C@@H]1C[C@H](c2ccc(CO)cc2)O[C@H](c2cccc(-c3cccc(CNC(=O)C(Cl)(Cl)Cl)c3)c2)O1. The van der Waals surface area contributed by atoms with E-state index in [4.69, 9.17) is 44.3 Å². The number of carbonyl (C=O) groups excluding carboxylic acids is 1. The number of ether oxygens (including phenoxy) is 2. The van der Waals surface area contributed by atoms with Gasteiger partial charge in [0.15, 0.2) is 6.29 Å². The summed E-state index contributed by atoms with van der Waals surface area (Å²) in [4.78, 5) is 14.3. The minimum absolute atomic E-state index is 0.00227. The lowest BCUT2D eigenvalue weighted by atomic mass is 9.98. The van der Waals surface area contributed by atoms with E-state index in [1.54, 1.807) is 0 Å². The fourth-order valence-electron chi connectivity index (χ4n) is 5.35. The number of aliphatic hydroxyl groups excluding tert-OH is 1. The molecule has 230 valence electrons. The van der Waals surface area contributed by atoms with Gasteiger partial charge in [-0.2, -0.15) is 0 Å². The van der Waals surface area contributed by atoms with Crippen LogP contribution in [0.3, 0.4) is 0 Å². The van der Waals surface area contributed by atoms with Crippen molar-refractivity contribution < 1.29 is 19.4 Å². The largest absolute Gasteiger partial charge is 0.392 e. The lowest BCUT2D eigenvalue weighted by Crippen LogP contribution is -2.37. The van der Waals surface area contributed by atoms with Crippen LogP contribution in [-0.2, 0) is 34.0 Å². The van der Waals surface area contributed by atoms with Crippen molar-refractivity contribution in [3.05, 3.63) is 131 Å². The summed E-state index contributed by atoms with van der Waals surface area (Å²) in [7, 11) is 2.11. The van der Waals surface area contributed by atoms with Crippen molar-refractivity contribution in [1.29, 1.82) is 0 Å². The smallest absolute Gasteiger partial charge is 0.272 e. The summed E-state index contributed by atoms with van der Waals surface area (Å²) in [6.07, 6.45) is -0.118. The van der Waals surface area contributed by atoms with Gasteiger partial charge in [-0.1, -0.05) is 126 Å². The van der Waals surface area contributed by atoms with E-state index >= 15 is 0 Å². The highest BCUT2D eigenvalue weighted by molar-refractivity contribution is 6.76. The molecule has 3 atom stereocenters. The third-order valence-corrected chi connectivity index (χ3v) is 8.07. The molecular weight excluding hydrogens is 619 g/mol. The Kier molecular flexibility index (Phi) is 11.0. The zero-order chi connectivity index (χ0) is 31.1.